The van der Waals surface area contributed by atoms with Crippen molar-refractivity contribution < 1.29 is 4.74 Å². The van der Waals surface area contributed by atoms with E-state index < -0.39 is 0 Å². The summed E-state index contributed by atoms with van der Waals surface area (Å²) in [5, 5.41) is 0. The van der Waals surface area contributed by atoms with E-state index >= 15 is 0 Å². The van der Waals surface area contributed by atoms with Crippen molar-refractivity contribution in [2.75, 3.05) is 12.8 Å². The van der Waals surface area contributed by atoms with Crippen LogP contribution in [0.3, 0.4) is 0 Å². The van der Waals surface area contributed by atoms with Gasteiger partial charge in [-0.3, -0.25) is 0 Å². The number of hydrogen-bond acceptors (Lipinski definition) is 2. The molecule has 1 aliphatic carbocycles. The normalized spacial score (nSPS) is 19.5. The van der Waals surface area contributed by atoms with Crippen LogP contribution >= 0.6 is 0 Å². The molecule has 0 aromatic heterocycles. The standard InChI is InChI=1S/C11H15NO/c1-13-11(7-4-8-11)9-5-2-3-6-10(9)12/h2-3,5-6H,4,7-8,12H2,1H3. The highest BCUT2D eigenvalue weighted by molar-refractivity contribution is 5.50. The van der Waals surface area contributed by atoms with E-state index in [0.29, 0.717) is 0 Å². The van der Waals surface area contributed by atoms with Gasteiger partial charge in [0.25, 0.3) is 0 Å². The summed E-state index contributed by atoms with van der Waals surface area (Å²) in [6, 6.07) is 7.98. The van der Waals surface area contributed by atoms with Crippen LogP contribution in [-0.4, -0.2) is 7.11 Å². The van der Waals surface area contributed by atoms with Crippen molar-refractivity contribution in [3.8, 4) is 0 Å². The maximum absolute atomic E-state index is 5.91. The fraction of sp³-hybridized carbons (Fsp3) is 0.455. The number of ether oxygens (including phenoxy) is 1. The number of para-hydroxylation sites is 1. The van der Waals surface area contributed by atoms with Gasteiger partial charge in [0.2, 0.25) is 0 Å². The molecule has 0 spiro atoms. The Kier molecular flexibility index (Phi) is 2.00. The van der Waals surface area contributed by atoms with Crippen molar-refractivity contribution >= 4 is 5.69 Å². The number of anilines is 1. The van der Waals surface area contributed by atoms with Crippen LogP contribution < -0.4 is 5.73 Å². The molecule has 0 amide bonds. The minimum Gasteiger partial charge on any atom is -0.398 e. The Morgan fingerprint density at radius 3 is 2.46 bits per heavy atom. The van der Waals surface area contributed by atoms with Gasteiger partial charge in [-0.15, -0.1) is 0 Å². The fourth-order valence-corrected chi connectivity index (χ4v) is 1.99. The molecule has 1 saturated carbocycles. The molecule has 0 unspecified atom stereocenters. The first-order valence-corrected chi connectivity index (χ1v) is 4.69. The van der Waals surface area contributed by atoms with Crippen LogP contribution in [0.25, 0.3) is 0 Å². The molecule has 2 heteroatoms. The van der Waals surface area contributed by atoms with E-state index in [0.717, 1.165) is 24.1 Å². The van der Waals surface area contributed by atoms with Crippen molar-refractivity contribution in [1.29, 1.82) is 0 Å². The summed E-state index contributed by atoms with van der Waals surface area (Å²) in [4.78, 5) is 0. The van der Waals surface area contributed by atoms with E-state index in [1.165, 1.54) is 6.42 Å². The fourth-order valence-electron chi connectivity index (χ4n) is 1.99. The quantitative estimate of drug-likeness (QED) is 0.703. The molecule has 0 radical (unpaired) electrons. The molecule has 70 valence electrons. The zero-order chi connectivity index (χ0) is 9.31. The van der Waals surface area contributed by atoms with Gasteiger partial charge in [-0.05, 0) is 25.3 Å². The highest BCUT2D eigenvalue weighted by atomic mass is 16.5. The minimum atomic E-state index is -0.0780. The highest BCUT2D eigenvalue weighted by Crippen LogP contribution is 2.46. The number of hydrogen-bond donors (Lipinski definition) is 1. The molecule has 0 heterocycles. The van der Waals surface area contributed by atoms with Crippen LogP contribution in [0.4, 0.5) is 5.69 Å². The summed E-state index contributed by atoms with van der Waals surface area (Å²) in [5.41, 5.74) is 7.84. The first-order valence-electron chi connectivity index (χ1n) is 4.69. The Bertz CT molecular complexity index is 299. The molecule has 0 atom stereocenters. The average Bonchev–Trinajstić information content (AvgIpc) is 2.07. The molecule has 1 aliphatic rings. The molecule has 2 N–H and O–H groups in total. The van der Waals surface area contributed by atoms with Crippen LogP contribution in [0.2, 0.25) is 0 Å². The monoisotopic (exact) mass is 177 g/mol. The zero-order valence-electron chi connectivity index (χ0n) is 7.92. The number of nitrogens with two attached hydrogens (primary N) is 1. The molecule has 0 bridgehead atoms. The lowest BCUT2D eigenvalue weighted by molar-refractivity contribution is -0.0772. The van der Waals surface area contributed by atoms with Crippen LogP contribution in [0.15, 0.2) is 24.3 Å². The van der Waals surface area contributed by atoms with Crippen molar-refractivity contribution in [2.45, 2.75) is 24.9 Å². The van der Waals surface area contributed by atoms with Crippen LogP contribution in [0.1, 0.15) is 24.8 Å². The molecule has 1 aromatic carbocycles. The second kappa shape index (κ2) is 3.04. The molecule has 2 rings (SSSR count). The van der Waals surface area contributed by atoms with Crippen molar-refractivity contribution in [3.63, 3.8) is 0 Å². The van der Waals surface area contributed by atoms with E-state index in [9.17, 15) is 0 Å². The lowest BCUT2D eigenvalue weighted by Crippen LogP contribution is -2.36. The number of methoxy groups -OCH3 is 1. The first-order chi connectivity index (χ1) is 6.28. The summed E-state index contributed by atoms with van der Waals surface area (Å²) in [5.74, 6) is 0. The van der Waals surface area contributed by atoms with Gasteiger partial charge in [0.1, 0.15) is 0 Å². The number of nitrogen functional groups attached to an aromatic ring is 1. The molecular weight excluding hydrogens is 162 g/mol. The van der Waals surface area contributed by atoms with Gasteiger partial charge in [-0.25, -0.2) is 0 Å². The Morgan fingerprint density at radius 2 is 2.00 bits per heavy atom. The number of rotatable bonds is 2. The van der Waals surface area contributed by atoms with Gasteiger partial charge in [0, 0.05) is 18.4 Å². The highest BCUT2D eigenvalue weighted by Gasteiger charge is 2.39. The Labute approximate surface area is 78.7 Å². The summed E-state index contributed by atoms with van der Waals surface area (Å²) < 4.78 is 5.56. The SMILES string of the molecule is COC1(c2ccccc2N)CCC1. The third kappa shape index (κ3) is 1.22. The van der Waals surface area contributed by atoms with Crippen LogP contribution in [-0.2, 0) is 10.3 Å². The Morgan fingerprint density at radius 1 is 1.31 bits per heavy atom. The largest absolute Gasteiger partial charge is 0.398 e. The van der Waals surface area contributed by atoms with E-state index in [2.05, 4.69) is 6.07 Å². The van der Waals surface area contributed by atoms with E-state index in [1.54, 1.807) is 7.11 Å². The minimum absolute atomic E-state index is 0.0780. The average molecular weight is 177 g/mol. The van der Waals surface area contributed by atoms with E-state index in [4.69, 9.17) is 10.5 Å². The van der Waals surface area contributed by atoms with Gasteiger partial charge >= 0.3 is 0 Å². The zero-order valence-corrected chi connectivity index (χ0v) is 7.92. The third-order valence-corrected chi connectivity index (χ3v) is 3.00. The van der Waals surface area contributed by atoms with Gasteiger partial charge in [-0.1, -0.05) is 18.2 Å². The summed E-state index contributed by atoms with van der Waals surface area (Å²) in [6.07, 6.45) is 3.43. The van der Waals surface area contributed by atoms with E-state index in [1.807, 2.05) is 18.2 Å². The molecular formula is C11H15NO. The smallest absolute Gasteiger partial charge is 0.0947 e. The molecule has 1 fully saturated rings. The lowest BCUT2D eigenvalue weighted by Gasteiger charge is -2.41. The third-order valence-electron chi connectivity index (χ3n) is 3.00. The number of benzene rings is 1. The van der Waals surface area contributed by atoms with Crippen molar-refractivity contribution in [2.24, 2.45) is 0 Å². The topological polar surface area (TPSA) is 35.2 Å². The molecule has 1 aromatic rings. The summed E-state index contributed by atoms with van der Waals surface area (Å²) in [6.45, 7) is 0. The maximum Gasteiger partial charge on any atom is 0.0947 e. The Balaban J connectivity index is 2.38. The summed E-state index contributed by atoms with van der Waals surface area (Å²) in [7, 11) is 1.77. The second-order valence-corrected chi connectivity index (χ2v) is 3.64. The molecule has 2 nitrogen and oxygen atoms in total. The van der Waals surface area contributed by atoms with Gasteiger partial charge < -0.3 is 10.5 Å². The van der Waals surface area contributed by atoms with Crippen LogP contribution in [0.5, 0.6) is 0 Å². The van der Waals surface area contributed by atoms with Crippen LogP contribution in [0, 0.1) is 0 Å². The predicted molar refractivity (Wildman–Crippen MR) is 53.4 cm³/mol. The summed E-state index contributed by atoms with van der Waals surface area (Å²) >= 11 is 0. The first kappa shape index (κ1) is 8.57. The molecule has 13 heavy (non-hydrogen) atoms. The second-order valence-electron chi connectivity index (χ2n) is 3.64. The van der Waals surface area contributed by atoms with E-state index in [-0.39, 0.29) is 5.60 Å². The van der Waals surface area contributed by atoms with Crippen molar-refractivity contribution in [1.82, 2.24) is 0 Å². The van der Waals surface area contributed by atoms with Gasteiger partial charge in [0.05, 0.1) is 5.60 Å². The van der Waals surface area contributed by atoms with Gasteiger partial charge in [0.15, 0.2) is 0 Å². The lowest BCUT2D eigenvalue weighted by atomic mass is 9.74. The molecule has 0 saturated heterocycles. The van der Waals surface area contributed by atoms with Gasteiger partial charge in [-0.2, -0.15) is 0 Å². The Hall–Kier alpha value is -1.02. The van der Waals surface area contributed by atoms with Crippen molar-refractivity contribution in [3.05, 3.63) is 29.8 Å². The predicted octanol–water partition coefficient (Wildman–Crippen LogP) is 2.29. The molecule has 0 aliphatic heterocycles. The maximum atomic E-state index is 5.91.